The maximum atomic E-state index is 12.4. The molecule has 1 aromatic heterocycles. The third kappa shape index (κ3) is 2.81. The fourth-order valence-corrected chi connectivity index (χ4v) is 2.72. The highest BCUT2D eigenvalue weighted by Crippen LogP contribution is 2.23. The molecule has 1 saturated heterocycles. The predicted molar refractivity (Wildman–Crippen MR) is 81.4 cm³/mol. The van der Waals surface area contributed by atoms with E-state index in [1.807, 2.05) is 42.3 Å². The SMILES string of the molecule is CNCC1CCN(C(=O)c2cc3ccccc3o2)C1.Cl. The quantitative estimate of drug-likeness (QED) is 0.946. The van der Waals surface area contributed by atoms with Crippen LogP contribution < -0.4 is 5.32 Å². The van der Waals surface area contributed by atoms with Gasteiger partial charge >= 0.3 is 0 Å². The van der Waals surface area contributed by atoms with E-state index < -0.39 is 0 Å². The van der Waals surface area contributed by atoms with Crippen LogP contribution in [0.25, 0.3) is 11.0 Å². The first-order chi connectivity index (χ1) is 9.28. The normalized spacial score (nSPS) is 18.2. The Balaban J connectivity index is 0.00000147. The Hall–Kier alpha value is -1.52. The number of nitrogens with zero attached hydrogens (tertiary/aromatic N) is 1. The summed E-state index contributed by atoms with van der Waals surface area (Å²) in [6.07, 6.45) is 1.06. The molecule has 0 spiro atoms. The number of fused-ring (bicyclic) bond motifs is 1. The minimum atomic E-state index is 0. The summed E-state index contributed by atoms with van der Waals surface area (Å²) in [6, 6.07) is 9.55. The Kier molecular flexibility index (Phi) is 4.68. The minimum absolute atomic E-state index is 0. The third-order valence-electron chi connectivity index (χ3n) is 3.70. The Morgan fingerprint density at radius 3 is 3.00 bits per heavy atom. The van der Waals surface area contributed by atoms with Crippen molar-refractivity contribution in [3.8, 4) is 0 Å². The molecule has 0 aliphatic carbocycles. The van der Waals surface area contributed by atoms with Crippen molar-refractivity contribution < 1.29 is 9.21 Å². The molecule has 0 bridgehead atoms. The summed E-state index contributed by atoms with van der Waals surface area (Å²) in [5.74, 6) is 1.01. The summed E-state index contributed by atoms with van der Waals surface area (Å²) in [5.41, 5.74) is 0.775. The molecule has 0 saturated carbocycles. The number of hydrogen-bond donors (Lipinski definition) is 1. The first kappa shape index (κ1) is 14.9. The van der Waals surface area contributed by atoms with Crippen molar-refractivity contribution in [1.82, 2.24) is 10.2 Å². The van der Waals surface area contributed by atoms with Crippen molar-refractivity contribution in [3.63, 3.8) is 0 Å². The second kappa shape index (κ2) is 6.29. The average molecular weight is 295 g/mol. The van der Waals surface area contributed by atoms with Gasteiger partial charge in [0.1, 0.15) is 5.58 Å². The summed E-state index contributed by atoms with van der Waals surface area (Å²) in [4.78, 5) is 14.3. The number of halogens is 1. The van der Waals surface area contributed by atoms with Gasteiger partial charge < -0.3 is 14.6 Å². The Bertz CT molecular complexity index is 563. The number of carbonyl (C=O) groups is 1. The number of amides is 1. The molecular formula is C15H19ClN2O2. The van der Waals surface area contributed by atoms with Crippen molar-refractivity contribution in [2.45, 2.75) is 6.42 Å². The van der Waals surface area contributed by atoms with Crippen molar-refractivity contribution in [1.29, 1.82) is 0 Å². The Morgan fingerprint density at radius 1 is 1.45 bits per heavy atom. The monoisotopic (exact) mass is 294 g/mol. The highest BCUT2D eigenvalue weighted by molar-refractivity contribution is 5.96. The molecule has 1 atom stereocenters. The molecule has 2 aromatic rings. The van der Waals surface area contributed by atoms with Gasteiger partial charge in [-0.25, -0.2) is 0 Å². The van der Waals surface area contributed by atoms with Crippen LogP contribution in [0.3, 0.4) is 0 Å². The molecule has 3 rings (SSSR count). The maximum Gasteiger partial charge on any atom is 0.289 e. The zero-order valence-electron chi connectivity index (χ0n) is 11.5. The van der Waals surface area contributed by atoms with E-state index in [0.717, 1.165) is 37.0 Å². The molecule has 1 unspecified atom stereocenters. The molecule has 2 heterocycles. The first-order valence-corrected chi connectivity index (χ1v) is 6.70. The maximum absolute atomic E-state index is 12.4. The molecule has 1 aliphatic heterocycles. The number of para-hydroxylation sites is 1. The van der Waals surface area contributed by atoms with E-state index in [4.69, 9.17) is 4.42 Å². The lowest BCUT2D eigenvalue weighted by atomic mass is 10.1. The van der Waals surface area contributed by atoms with Gasteiger partial charge in [0.05, 0.1) is 0 Å². The molecule has 108 valence electrons. The fourth-order valence-electron chi connectivity index (χ4n) is 2.72. The van der Waals surface area contributed by atoms with E-state index >= 15 is 0 Å². The van der Waals surface area contributed by atoms with Crippen LogP contribution in [0.1, 0.15) is 17.0 Å². The van der Waals surface area contributed by atoms with Crippen LogP contribution >= 0.6 is 12.4 Å². The summed E-state index contributed by atoms with van der Waals surface area (Å²) in [7, 11) is 1.95. The Morgan fingerprint density at radius 2 is 2.25 bits per heavy atom. The van der Waals surface area contributed by atoms with Gasteiger partial charge in [-0.2, -0.15) is 0 Å². The number of furan rings is 1. The molecule has 0 radical (unpaired) electrons. The number of hydrogen-bond acceptors (Lipinski definition) is 3. The zero-order chi connectivity index (χ0) is 13.2. The van der Waals surface area contributed by atoms with Gasteiger partial charge in [-0.3, -0.25) is 4.79 Å². The van der Waals surface area contributed by atoms with Crippen LogP contribution in [0.15, 0.2) is 34.7 Å². The largest absolute Gasteiger partial charge is 0.451 e. The smallest absolute Gasteiger partial charge is 0.289 e. The van der Waals surface area contributed by atoms with E-state index in [0.29, 0.717) is 11.7 Å². The molecule has 1 aromatic carbocycles. The van der Waals surface area contributed by atoms with Gasteiger partial charge in [-0.05, 0) is 38.1 Å². The summed E-state index contributed by atoms with van der Waals surface area (Å²) in [5, 5.41) is 4.15. The number of rotatable bonds is 3. The number of benzene rings is 1. The molecular weight excluding hydrogens is 276 g/mol. The molecule has 1 fully saturated rings. The van der Waals surface area contributed by atoms with Gasteiger partial charge in [0.2, 0.25) is 0 Å². The van der Waals surface area contributed by atoms with Crippen LogP contribution in [-0.4, -0.2) is 37.5 Å². The Labute approximate surface area is 124 Å². The lowest BCUT2D eigenvalue weighted by Crippen LogP contribution is -2.30. The highest BCUT2D eigenvalue weighted by atomic mass is 35.5. The van der Waals surface area contributed by atoms with Gasteiger partial charge in [-0.15, -0.1) is 12.4 Å². The highest BCUT2D eigenvalue weighted by Gasteiger charge is 2.28. The summed E-state index contributed by atoms with van der Waals surface area (Å²) >= 11 is 0. The minimum Gasteiger partial charge on any atom is -0.451 e. The van der Waals surface area contributed by atoms with E-state index in [9.17, 15) is 4.79 Å². The van der Waals surface area contributed by atoms with Crippen molar-refractivity contribution in [2.75, 3.05) is 26.7 Å². The van der Waals surface area contributed by atoms with E-state index in [1.165, 1.54) is 0 Å². The predicted octanol–water partition coefficient (Wildman–Crippen LogP) is 2.54. The summed E-state index contributed by atoms with van der Waals surface area (Å²) < 4.78 is 5.63. The zero-order valence-corrected chi connectivity index (χ0v) is 12.3. The van der Waals surface area contributed by atoms with Crippen LogP contribution in [-0.2, 0) is 0 Å². The second-order valence-electron chi connectivity index (χ2n) is 5.11. The van der Waals surface area contributed by atoms with E-state index in [-0.39, 0.29) is 18.3 Å². The topological polar surface area (TPSA) is 45.5 Å². The average Bonchev–Trinajstić information content (AvgIpc) is 3.04. The summed E-state index contributed by atoms with van der Waals surface area (Å²) in [6.45, 7) is 2.60. The third-order valence-corrected chi connectivity index (χ3v) is 3.70. The number of likely N-dealkylation sites (tertiary alicyclic amines) is 1. The van der Waals surface area contributed by atoms with Gasteiger partial charge in [0.15, 0.2) is 5.76 Å². The van der Waals surface area contributed by atoms with Crippen molar-refractivity contribution >= 4 is 29.3 Å². The van der Waals surface area contributed by atoms with Crippen LogP contribution in [0.4, 0.5) is 0 Å². The molecule has 20 heavy (non-hydrogen) atoms. The van der Waals surface area contributed by atoms with Gasteiger partial charge in [0, 0.05) is 18.5 Å². The van der Waals surface area contributed by atoms with Crippen molar-refractivity contribution in [2.24, 2.45) is 5.92 Å². The molecule has 4 nitrogen and oxygen atoms in total. The van der Waals surface area contributed by atoms with Crippen molar-refractivity contribution in [3.05, 3.63) is 36.1 Å². The fraction of sp³-hybridized carbons (Fsp3) is 0.400. The van der Waals surface area contributed by atoms with Gasteiger partial charge in [-0.1, -0.05) is 18.2 Å². The van der Waals surface area contributed by atoms with Crippen LogP contribution in [0.2, 0.25) is 0 Å². The molecule has 1 amide bonds. The number of carbonyl (C=O) groups excluding carboxylic acids is 1. The second-order valence-corrected chi connectivity index (χ2v) is 5.11. The van der Waals surface area contributed by atoms with Gasteiger partial charge in [0.25, 0.3) is 5.91 Å². The van der Waals surface area contributed by atoms with Crippen LogP contribution in [0.5, 0.6) is 0 Å². The lowest BCUT2D eigenvalue weighted by Gasteiger charge is -2.14. The van der Waals surface area contributed by atoms with Crippen LogP contribution in [0, 0.1) is 5.92 Å². The lowest BCUT2D eigenvalue weighted by molar-refractivity contribution is 0.0758. The molecule has 1 N–H and O–H groups in total. The standard InChI is InChI=1S/C15H18N2O2.ClH/c1-16-9-11-6-7-17(10-11)15(18)14-8-12-4-2-3-5-13(12)19-14;/h2-5,8,11,16H,6-7,9-10H2,1H3;1H. The van der Waals surface area contributed by atoms with E-state index in [2.05, 4.69) is 5.32 Å². The number of nitrogens with one attached hydrogen (secondary N) is 1. The van der Waals surface area contributed by atoms with E-state index in [1.54, 1.807) is 0 Å². The molecule has 1 aliphatic rings. The first-order valence-electron chi connectivity index (χ1n) is 6.70. The molecule has 5 heteroatoms.